The van der Waals surface area contributed by atoms with Gasteiger partial charge in [-0.1, -0.05) is 103 Å². The second-order valence-corrected chi connectivity index (χ2v) is 13.0. The van der Waals surface area contributed by atoms with Crippen LogP contribution in [-0.4, -0.2) is 79.3 Å². The lowest BCUT2D eigenvalue weighted by atomic mass is 10.1. The van der Waals surface area contributed by atoms with Crippen molar-refractivity contribution in [3.8, 4) is 0 Å². The Balaban J connectivity index is -0.000000158. The van der Waals surface area contributed by atoms with Crippen LogP contribution < -0.4 is 5.32 Å². The Morgan fingerprint density at radius 3 is 1.65 bits per heavy atom. The van der Waals surface area contributed by atoms with Gasteiger partial charge in [-0.15, -0.1) is 0 Å². The molecule has 0 aromatic rings. The maximum absolute atomic E-state index is 11.9. The fourth-order valence-electron chi connectivity index (χ4n) is 3.10. The van der Waals surface area contributed by atoms with Crippen LogP contribution in [0.4, 0.5) is 0 Å². The largest absolute Gasteiger partial charge is 0.381 e. The van der Waals surface area contributed by atoms with Gasteiger partial charge in [-0.25, -0.2) is 4.90 Å². The van der Waals surface area contributed by atoms with Crippen LogP contribution in [0.2, 0.25) is 0 Å². The number of unbranched alkanes of at least 4 members (excludes halogenated alkanes) is 1. The van der Waals surface area contributed by atoms with Gasteiger partial charge in [0.05, 0.1) is 0 Å². The Bertz CT molecular complexity index is 759. The summed E-state index contributed by atoms with van der Waals surface area (Å²) in [6, 6.07) is 0. The van der Waals surface area contributed by atoms with Crippen LogP contribution in [0.5, 0.6) is 0 Å². The van der Waals surface area contributed by atoms with Crippen molar-refractivity contribution in [2.45, 2.75) is 155 Å². The Labute approximate surface area is 302 Å². The molecule has 3 unspecified atom stereocenters. The van der Waals surface area contributed by atoms with E-state index in [-0.39, 0.29) is 45.8 Å². The molecule has 0 aliphatic carbocycles. The van der Waals surface area contributed by atoms with E-state index in [0.29, 0.717) is 25.5 Å². The van der Waals surface area contributed by atoms with Crippen LogP contribution >= 0.6 is 11.8 Å². The summed E-state index contributed by atoms with van der Waals surface area (Å²) in [4.78, 5) is 57.2. The zero-order valence-electron chi connectivity index (χ0n) is 31.8. The minimum absolute atomic E-state index is 0. The third-order valence-corrected chi connectivity index (χ3v) is 6.91. The number of nitrogens with zero attached hydrogens (tertiary/aromatic N) is 1. The Morgan fingerprint density at radius 1 is 0.854 bits per heavy atom. The maximum atomic E-state index is 11.9. The van der Waals surface area contributed by atoms with Gasteiger partial charge in [0.15, 0.2) is 0 Å². The quantitative estimate of drug-likeness (QED) is 0.111. The summed E-state index contributed by atoms with van der Waals surface area (Å²) >= 11 is 1.86. The lowest BCUT2D eigenvalue weighted by Gasteiger charge is -2.12. The monoisotopic (exact) mass is 709 g/mol. The number of carbonyl (C=O) groups is 5. The fraction of sp³-hybridized carbons (Fsp3) is 0.868. The number of ether oxygens (including phenoxy) is 2. The van der Waals surface area contributed by atoms with Crippen LogP contribution in [0.3, 0.4) is 0 Å². The number of likely N-dealkylation sites (tertiary alicyclic amines) is 1. The number of Topliss-reactive ketones (excluding diaryl/α,β-unsaturated/α-hetero) is 1. The van der Waals surface area contributed by atoms with E-state index in [0.717, 1.165) is 43.5 Å². The number of amides is 4. The van der Waals surface area contributed by atoms with Gasteiger partial charge < -0.3 is 19.6 Å². The lowest BCUT2D eigenvalue weighted by molar-refractivity contribution is -0.150. The van der Waals surface area contributed by atoms with Crippen molar-refractivity contribution in [1.29, 1.82) is 0 Å². The highest BCUT2D eigenvalue weighted by Gasteiger charge is 2.39. The van der Waals surface area contributed by atoms with Crippen molar-refractivity contribution in [3.05, 3.63) is 0 Å². The smallest absolute Gasteiger partial charge is 0.239 e. The average molecular weight is 709 g/mol. The zero-order chi connectivity index (χ0) is 36.3. The van der Waals surface area contributed by atoms with Crippen LogP contribution in [0.15, 0.2) is 0 Å². The van der Waals surface area contributed by atoms with Gasteiger partial charge in [0.25, 0.3) is 0 Å². The molecule has 3 atom stereocenters. The first-order valence-electron chi connectivity index (χ1n) is 17.5. The molecule has 1 aliphatic rings. The van der Waals surface area contributed by atoms with Crippen molar-refractivity contribution < 1.29 is 33.4 Å². The van der Waals surface area contributed by atoms with E-state index in [1.807, 2.05) is 11.8 Å². The summed E-state index contributed by atoms with van der Waals surface area (Å²) in [7, 11) is 0. The van der Waals surface area contributed by atoms with Gasteiger partial charge in [-0.2, -0.15) is 11.8 Å². The van der Waals surface area contributed by atoms with Gasteiger partial charge in [-0.05, 0) is 57.0 Å². The van der Waals surface area contributed by atoms with Crippen LogP contribution in [-0.2, 0) is 33.4 Å². The molecular weight excluding hydrogens is 628 g/mol. The topological polar surface area (TPSA) is 119 Å². The SMILES string of the molecule is C.C.CC(C)=O.CCC.CCC(C)COCCCNC(=O)CCCC(=O)N1C(=O)CC(C)C1=O.CCCCOCC(C)CC.CCSC. The molecule has 290 valence electrons. The molecule has 10 heteroatoms. The molecule has 0 saturated carbocycles. The van der Waals surface area contributed by atoms with Gasteiger partial charge >= 0.3 is 0 Å². The van der Waals surface area contributed by atoms with Gasteiger partial charge in [0, 0.05) is 58.2 Å². The van der Waals surface area contributed by atoms with E-state index in [4.69, 9.17) is 9.47 Å². The normalized spacial score (nSPS) is 14.0. The molecule has 0 aromatic heterocycles. The summed E-state index contributed by atoms with van der Waals surface area (Å²) in [6.45, 7) is 25.7. The zero-order valence-corrected chi connectivity index (χ0v) is 32.6. The van der Waals surface area contributed by atoms with E-state index < -0.39 is 23.6 Å². The van der Waals surface area contributed by atoms with Crippen molar-refractivity contribution in [3.63, 3.8) is 0 Å². The fourth-order valence-corrected chi connectivity index (χ4v) is 3.10. The molecule has 9 nitrogen and oxygen atoms in total. The van der Waals surface area contributed by atoms with Crippen LogP contribution in [0.1, 0.15) is 155 Å². The molecule has 0 radical (unpaired) electrons. The second-order valence-electron chi connectivity index (χ2n) is 11.8. The molecule has 0 spiro atoms. The molecule has 4 amide bonds. The number of hydrogen-bond acceptors (Lipinski definition) is 8. The molecule has 48 heavy (non-hydrogen) atoms. The molecule has 1 aliphatic heterocycles. The highest BCUT2D eigenvalue weighted by molar-refractivity contribution is 7.98. The third kappa shape index (κ3) is 42.2. The molecular formula is C38H80N2O7S. The number of ketones is 1. The number of thioether (sulfide) groups is 1. The Hall–Kier alpha value is -1.78. The first kappa shape index (κ1) is 58.4. The molecule has 1 saturated heterocycles. The van der Waals surface area contributed by atoms with Crippen molar-refractivity contribution >= 4 is 41.2 Å². The van der Waals surface area contributed by atoms with Crippen molar-refractivity contribution in [1.82, 2.24) is 10.2 Å². The highest BCUT2D eigenvalue weighted by Crippen LogP contribution is 2.20. The van der Waals surface area contributed by atoms with Crippen molar-refractivity contribution in [2.75, 3.05) is 45.0 Å². The minimum Gasteiger partial charge on any atom is -0.381 e. The number of hydrogen-bond donors (Lipinski definition) is 1. The predicted octanol–water partition coefficient (Wildman–Crippen LogP) is 9.15. The number of nitrogens with one attached hydrogen (secondary N) is 1. The molecule has 1 N–H and O–H groups in total. The third-order valence-electron chi connectivity index (χ3n) is 6.33. The molecule has 0 bridgehead atoms. The second kappa shape index (κ2) is 43.2. The first-order chi connectivity index (χ1) is 21.7. The molecule has 0 aromatic carbocycles. The summed E-state index contributed by atoms with van der Waals surface area (Å²) in [6.07, 6.45) is 9.48. The van der Waals surface area contributed by atoms with E-state index in [1.54, 1.807) is 6.92 Å². The van der Waals surface area contributed by atoms with Crippen molar-refractivity contribution in [2.24, 2.45) is 17.8 Å². The van der Waals surface area contributed by atoms with E-state index >= 15 is 0 Å². The minimum atomic E-state index is -0.509. The van der Waals surface area contributed by atoms with E-state index in [1.165, 1.54) is 45.3 Å². The van der Waals surface area contributed by atoms with E-state index in [2.05, 4.69) is 67.0 Å². The van der Waals surface area contributed by atoms with Gasteiger partial charge in [-0.3, -0.25) is 19.2 Å². The Kier molecular flexibility index (Phi) is 52.6. The van der Waals surface area contributed by atoms with Gasteiger partial charge in [0.1, 0.15) is 5.78 Å². The standard InChI is InChI=1S/C18H30N2O5.C9H20O.C3H6O.C3H8S.C3H8.2CH4/c1-4-13(2)12-25-10-6-9-19-15(21)7-5-8-16(22)20-17(23)11-14(3)18(20)24;1-4-6-7-10-8-9(3)5-2;1-3(2)4;1-3-4-2;1-3-2;;/h13-14H,4-12H2,1-3H3,(H,19,21);9H,4-8H2,1-3H3;1-2H3;3H2,1-2H3;3H2,1-2H3;2*1H4. The summed E-state index contributed by atoms with van der Waals surface area (Å²) in [5.41, 5.74) is 0. The summed E-state index contributed by atoms with van der Waals surface area (Å²) < 4.78 is 10.9. The lowest BCUT2D eigenvalue weighted by Crippen LogP contribution is -2.36. The molecule has 1 rings (SSSR count). The van der Waals surface area contributed by atoms with Crippen LogP contribution in [0.25, 0.3) is 0 Å². The molecule has 1 heterocycles. The Morgan fingerprint density at radius 2 is 1.29 bits per heavy atom. The summed E-state index contributed by atoms with van der Waals surface area (Å²) in [5, 5.41) is 2.77. The maximum Gasteiger partial charge on any atom is 0.239 e. The van der Waals surface area contributed by atoms with Gasteiger partial charge in [0.2, 0.25) is 23.6 Å². The number of imide groups is 3. The number of carbonyl (C=O) groups excluding carboxylic acids is 5. The number of rotatable bonds is 18. The first-order valence-corrected chi connectivity index (χ1v) is 18.9. The van der Waals surface area contributed by atoms with E-state index in [9.17, 15) is 24.0 Å². The summed E-state index contributed by atoms with van der Waals surface area (Å²) in [5.74, 6) is 0.734. The highest BCUT2D eigenvalue weighted by atomic mass is 32.2. The average Bonchev–Trinajstić information content (AvgIpc) is 3.27. The predicted molar refractivity (Wildman–Crippen MR) is 207 cm³/mol. The molecule has 1 fully saturated rings. The van der Waals surface area contributed by atoms with Crippen LogP contribution in [0, 0.1) is 17.8 Å².